The Morgan fingerprint density at radius 1 is 1.33 bits per heavy atom. The van der Waals surface area contributed by atoms with Gasteiger partial charge in [-0.25, -0.2) is 0 Å². The van der Waals surface area contributed by atoms with E-state index in [0.29, 0.717) is 6.54 Å². The van der Waals surface area contributed by atoms with E-state index in [-0.39, 0.29) is 11.5 Å². The summed E-state index contributed by atoms with van der Waals surface area (Å²) >= 11 is 7.55. The van der Waals surface area contributed by atoms with Crippen molar-refractivity contribution in [3.05, 3.63) is 45.5 Å². The van der Waals surface area contributed by atoms with Gasteiger partial charge in [-0.2, -0.15) is 0 Å². The molecule has 21 heavy (non-hydrogen) atoms. The van der Waals surface area contributed by atoms with Crippen molar-refractivity contribution in [1.82, 2.24) is 5.32 Å². The first-order valence-electron chi connectivity index (χ1n) is 7.05. The van der Waals surface area contributed by atoms with E-state index in [0.717, 1.165) is 21.4 Å². The monoisotopic (exact) mass is 327 g/mol. The predicted octanol–water partition coefficient (Wildman–Crippen LogP) is 4.47. The molecular formula is C16H22ClNO2S. The minimum atomic E-state index is -0.391. The van der Waals surface area contributed by atoms with Gasteiger partial charge >= 0.3 is 0 Å². The lowest BCUT2D eigenvalue weighted by Crippen LogP contribution is -2.32. The van der Waals surface area contributed by atoms with Gasteiger partial charge in [0.2, 0.25) is 0 Å². The van der Waals surface area contributed by atoms with Crippen LogP contribution in [0.3, 0.4) is 0 Å². The van der Waals surface area contributed by atoms with Crippen molar-refractivity contribution in [3.63, 3.8) is 0 Å². The summed E-state index contributed by atoms with van der Waals surface area (Å²) in [6.45, 7) is 6.88. The lowest BCUT2D eigenvalue weighted by Gasteiger charge is -2.24. The molecule has 0 bridgehead atoms. The third kappa shape index (κ3) is 5.15. The zero-order valence-corrected chi connectivity index (χ0v) is 14.2. The average Bonchev–Trinajstić information content (AvgIpc) is 2.99. The summed E-state index contributed by atoms with van der Waals surface area (Å²) in [6.07, 6.45) is 2.01. The van der Waals surface area contributed by atoms with Crippen LogP contribution < -0.4 is 5.32 Å². The van der Waals surface area contributed by atoms with Crippen molar-refractivity contribution >= 4 is 22.9 Å². The second kappa shape index (κ2) is 6.97. The van der Waals surface area contributed by atoms with E-state index in [1.807, 2.05) is 24.3 Å². The van der Waals surface area contributed by atoms with Gasteiger partial charge in [0, 0.05) is 11.4 Å². The number of halogens is 1. The maximum Gasteiger partial charge on any atom is 0.126 e. The molecule has 2 rings (SSSR count). The van der Waals surface area contributed by atoms with Crippen LogP contribution in [0.5, 0.6) is 0 Å². The summed E-state index contributed by atoms with van der Waals surface area (Å²) in [4.78, 5) is 1.08. The van der Waals surface area contributed by atoms with E-state index in [9.17, 15) is 5.11 Å². The first-order chi connectivity index (χ1) is 9.85. The molecule has 2 atom stereocenters. The van der Waals surface area contributed by atoms with Crippen LogP contribution >= 0.6 is 22.9 Å². The maximum absolute atomic E-state index is 10.2. The third-order valence-electron chi connectivity index (χ3n) is 3.11. The fraction of sp³-hybridized carbons (Fsp3) is 0.500. The summed E-state index contributed by atoms with van der Waals surface area (Å²) < 4.78 is 6.26. The van der Waals surface area contributed by atoms with Crippen molar-refractivity contribution in [3.8, 4) is 0 Å². The first kappa shape index (κ1) is 16.6. The quantitative estimate of drug-likeness (QED) is 0.822. The van der Waals surface area contributed by atoms with Gasteiger partial charge in [-0.3, -0.25) is 0 Å². The number of hydrogen-bond acceptors (Lipinski definition) is 4. The molecule has 0 aliphatic carbocycles. The highest BCUT2D eigenvalue weighted by Gasteiger charge is 2.22. The Balaban J connectivity index is 2.04. The van der Waals surface area contributed by atoms with Crippen LogP contribution in [-0.4, -0.2) is 17.8 Å². The van der Waals surface area contributed by atoms with E-state index in [4.69, 9.17) is 16.0 Å². The Bertz CT molecular complexity index is 545. The van der Waals surface area contributed by atoms with Crippen LogP contribution in [0.4, 0.5) is 0 Å². The van der Waals surface area contributed by atoms with Crippen molar-refractivity contribution in [2.75, 3.05) is 6.54 Å². The zero-order valence-electron chi connectivity index (χ0n) is 12.6. The molecule has 0 radical (unpaired) electrons. The van der Waals surface area contributed by atoms with Gasteiger partial charge in [-0.05, 0) is 36.1 Å². The van der Waals surface area contributed by atoms with Gasteiger partial charge in [-0.1, -0.05) is 32.4 Å². The lowest BCUT2D eigenvalue weighted by atomic mass is 9.89. The van der Waals surface area contributed by atoms with Crippen LogP contribution in [0, 0.1) is 5.41 Å². The number of aliphatic hydroxyl groups excluding tert-OH is 1. The van der Waals surface area contributed by atoms with E-state index >= 15 is 0 Å². The average molecular weight is 328 g/mol. The minimum absolute atomic E-state index is 0.0767. The largest absolute Gasteiger partial charge is 0.467 e. The summed E-state index contributed by atoms with van der Waals surface area (Å²) in [7, 11) is 0. The summed E-state index contributed by atoms with van der Waals surface area (Å²) in [5.41, 5.74) is 0.105. The smallest absolute Gasteiger partial charge is 0.126 e. The normalized spacial score (nSPS) is 15.1. The summed E-state index contributed by atoms with van der Waals surface area (Å²) in [6, 6.07) is 7.59. The molecule has 0 fully saturated rings. The lowest BCUT2D eigenvalue weighted by molar-refractivity contribution is 0.117. The highest BCUT2D eigenvalue weighted by Crippen LogP contribution is 2.31. The van der Waals surface area contributed by atoms with Crippen molar-refractivity contribution in [1.29, 1.82) is 0 Å². The van der Waals surface area contributed by atoms with Crippen LogP contribution in [0.25, 0.3) is 0 Å². The number of hydrogen-bond donors (Lipinski definition) is 2. The number of thiophene rings is 1. The van der Waals surface area contributed by atoms with Gasteiger partial charge in [0.15, 0.2) is 0 Å². The Morgan fingerprint density at radius 2 is 2.10 bits per heavy atom. The molecule has 2 unspecified atom stereocenters. The highest BCUT2D eigenvalue weighted by atomic mass is 35.5. The van der Waals surface area contributed by atoms with Crippen LogP contribution in [0.15, 0.2) is 34.9 Å². The van der Waals surface area contributed by atoms with E-state index in [1.165, 1.54) is 11.3 Å². The van der Waals surface area contributed by atoms with E-state index in [1.54, 1.807) is 6.26 Å². The maximum atomic E-state index is 10.2. The Kier molecular flexibility index (Phi) is 5.49. The van der Waals surface area contributed by atoms with Crippen LogP contribution in [-0.2, 0) is 0 Å². The van der Waals surface area contributed by atoms with Crippen molar-refractivity contribution in [2.24, 2.45) is 5.41 Å². The third-order valence-corrected chi connectivity index (χ3v) is 4.41. The first-order valence-corrected chi connectivity index (χ1v) is 8.25. The van der Waals surface area contributed by atoms with E-state index in [2.05, 4.69) is 26.1 Å². The molecule has 2 aromatic heterocycles. The molecule has 0 aromatic carbocycles. The Hall–Kier alpha value is -0.810. The molecule has 0 amide bonds. The standard InChI is InChI=1S/C16H22ClNO2S/c1-16(2,3)9-11(19)10-18-15(12-5-4-8-20-12)13-6-7-14(17)21-13/h4-8,11,15,18-19H,9-10H2,1-3H3. The SMILES string of the molecule is CC(C)(C)CC(O)CNC(c1ccco1)c1ccc(Cl)s1. The molecule has 116 valence electrons. The predicted molar refractivity (Wildman–Crippen MR) is 88.0 cm³/mol. The van der Waals surface area contributed by atoms with Crippen LogP contribution in [0.2, 0.25) is 4.34 Å². The van der Waals surface area contributed by atoms with Gasteiger partial charge in [0.05, 0.1) is 16.7 Å². The fourth-order valence-electron chi connectivity index (χ4n) is 2.31. The molecule has 2 N–H and O–H groups in total. The number of nitrogens with one attached hydrogen (secondary N) is 1. The highest BCUT2D eigenvalue weighted by molar-refractivity contribution is 7.16. The Labute approximate surface area is 134 Å². The molecule has 2 aromatic rings. The second-order valence-electron chi connectivity index (χ2n) is 6.42. The minimum Gasteiger partial charge on any atom is -0.467 e. The van der Waals surface area contributed by atoms with Gasteiger partial charge in [-0.15, -0.1) is 11.3 Å². The fourth-order valence-corrected chi connectivity index (χ4v) is 3.46. The molecule has 0 aliphatic rings. The number of furan rings is 1. The second-order valence-corrected chi connectivity index (χ2v) is 8.16. The number of aliphatic hydroxyl groups is 1. The topological polar surface area (TPSA) is 45.4 Å². The summed E-state index contributed by atoms with van der Waals surface area (Å²) in [5.74, 6) is 0.830. The molecule has 0 saturated heterocycles. The van der Waals surface area contributed by atoms with E-state index < -0.39 is 6.10 Å². The molecule has 0 spiro atoms. The van der Waals surface area contributed by atoms with Gasteiger partial charge in [0.1, 0.15) is 11.8 Å². The molecule has 0 aliphatic heterocycles. The van der Waals surface area contributed by atoms with Crippen LogP contribution in [0.1, 0.15) is 43.9 Å². The zero-order chi connectivity index (χ0) is 15.5. The molecule has 5 heteroatoms. The Morgan fingerprint density at radius 3 is 2.62 bits per heavy atom. The number of rotatable bonds is 6. The summed E-state index contributed by atoms with van der Waals surface area (Å²) in [5, 5.41) is 13.5. The van der Waals surface area contributed by atoms with Gasteiger partial charge in [0.25, 0.3) is 0 Å². The van der Waals surface area contributed by atoms with Crippen molar-refractivity contribution in [2.45, 2.75) is 39.3 Å². The molecule has 0 saturated carbocycles. The molecular weight excluding hydrogens is 306 g/mol. The van der Waals surface area contributed by atoms with Gasteiger partial charge < -0.3 is 14.8 Å². The molecule has 3 nitrogen and oxygen atoms in total. The molecule has 2 heterocycles. The van der Waals surface area contributed by atoms with Crippen molar-refractivity contribution < 1.29 is 9.52 Å².